The average Bonchev–Trinajstić information content (AvgIpc) is 2.92. The summed E-state index contributed by atoms with van der Waals surface area (Å²) in [5.74, 6) is -12.6. The van der Waals surface area contributed by atoms with Gasteiger partial charge in [0.1, 0.15) is 5.67 Å². The van der Waals surface area contributed by atoms with Crippen molar-refractivity contribution in [2.45, 2.75) is 113 Å². The Morgan fingerprint density at radius 1 is 0.788 bits per heavy atom. The summed E-state index contributed by atoms with van der Waals surface area (Å²) in [6, 6.07) is 0.445. The average molecular weight is 836 g/mol. The molecule has 0 radical (unpaired) electrons. The van der Waals surface area contributed by atoms with Crippen LogP contribution in [0.15, 0.2) is 0 Å². The predicted octanol–water partition coefficient (Wildman–Crippen LogP) is 7.95. The number of hydrogen-bond donors (Lipinski definition) is 0. The van der Waals surface area contributed by atoms with E-state index in [1.165, 1.54) is 21.3 Å². The van der Waals surface area contributed by atoms with Crippen molar-refractivity contribution in [3.63, 3.8) is 0 Å². The Bertz CT molecular complexity index is 1190. The van der Waals surface area contributed by atoms with Crippen LogP contribution in [0, 0.1) is 11.8 Å². The number of nitrogens with zero attached hydrogens (tertiary/aromatic N) is 2. The Kier molecular flexibility index (Phi) is 15.4. The summed E-state index contributed by atoms with van der Waals surface area (Å²) in [6.45, 7) is 9.75. The van der Waals surface area contributed by atoms with Crippen LogP contribution in [-0.2, 0) is 27.3 Å². The minimum Gasteiger partial charge on any atom is -0.408 e. The summed E-state index contributed by atoms with van der Waals surface area (Å²) in [6.07, 6.45) is -23.9. The van der Waals surface area contributed by atoms with Gasteiger partial charge in [0.15, 0.2) is 0 Å². The lowest BCUT2D eigenvalue weighted by molar-refractivity contribution is -0.893. The van der Waals surface area contributed by atoms with Crippen molar-refractivity contribution in [3.8, 4) is 0 Å². The first-order chi connectivity index (χ1) is 23.0. The first-order valence-electron chi connectivity index (χ1n) is 16.3. The van der Waals surface area contributed by atoms with Crippen LogP contribution in [-0.4, -0.2) is 131 Å². The SMILES string of the molecule is CO[Si](CCC(C)(C(C)O[Si](C)(C)C1CC[N+]1(C)C(=O)C(C(F)(F)F)C(F)(F)F)[Si](C)(C)CCCN(C)C(=O)C(C(F)(F)F)C(F)(F)F)(OC)OC. The van der Waals surface area contributed by atoms with E-state index in [4.69, 9.17) is 17.7 Å². The number of hydrogen-bond acceptors (Lipinski definition) is 6. The van der Waals surface area contributed by atoms with Gasteiger partial charge in [0.2, 0.25) is 20.1 Å². The third-order valence-corrected chi connectivity index (χ3v) is 22.6. The lowest BCUT2D eigenvalue weighted by Crippen LogP contribution is -2.77. The third kappa shape index (κ3) is 10.7. The summed E-state index contributed by atoms with van der Waals surface area (Å²) in [5, 5.41) is -0.869. The normalized spacial score (nSPS) is 21.6. The summed E-state index contributed by atoms with van der Waals surface area (Å²) >= 11 is 0. The van der Waals surface area contributed by atoms with E-state index >= 15 is 0 Å². The second-order valence-electron chi connectivity index (χ2n) is 15.0. The molecular weight excluding hydrogens is 785 g/mol. The van der Waals surface area contributed by atoms with E-state index in [2.05, 4.69) is 0 Å². The first kappa shape index (κ1) is 48.8. The van der Waals surface area contributed by atoms with Gasteiger partial charge in [-0.3, -0.25) is 9.28 Å². The highest BCUT2D eigenvalue weighted by atomic mass is 28.4. The molecule has 1 fully saturated rings. The zero-order valence-electron chi connectivity index (χ0n) is 31.1. The highest BCUT2D eigenvalue weighted by Crippen LogP contribution is 2.52. The Morgan fingerprint density at radius 2 is 1.21 bits per heavy atom. The quantitative estimate of drug-likeness (QED) is 0.0842. The molecule has 0 aliphatic carbocycles. The molecule has 23 heteroatoms. The van der Waals surface area contributed by atoms with Crippen molar-refractivity contribution in [3.05, 3.63) is 0 Å². The lowest BCUT2D eigenvalue weighted by atomic mass is 10.0. The van der Waals surface area contributed by atoms with Crippen molar-refractivity contribution < 1.29 is 84.5 Å². The van der Waals surface area contributed by atoms with Gasteiger partial charge in [0, 0.05) is 53.5 Å². The number of rotatable bonds is 17. The monoisotopic (exact) mass is 835 g/mol. The topological polar surface area (TPSA) is 74.3 Å². The molecule has 308 valence electrons. The summed E-state index contributed by atoms with van der Waals surface area (Å²) in [7, 11) is -3.44. The zero-order valence-corrected chi connectivity index (χ0v) is 34.1. The second-order valence-corrected chi connectivity index (χ2v) is 27.6. The first-order valence-corrected chi connectivity index (χ1v) is 24.4. The Morgan fingerprint density at radius 3 is 1.56 bits per heavy atom. The summed E-state index contributed by atoms with van der Waals surface area (Å²) in [5.41, 5.74) is -0.982. The van der Waals surface area contributed by atoms with Crippen molar-refractivity contribution in [2.75, 3.05) is 48.5 Å². The molecule has 0 aromatic rings. The minimum atomic E-state index is -5.87. The van der Waals surface area contributed by atoms with Gasteiger partial charge in [-0.25, -0.2) is 4.79 Å². The van der Waals surface area contributed by atoms with Crippen LogP contribution in [0.5, 0.6) is 0 Å². The molecule has 1 aliphatic rings. The van der Waals surface area contributed by atoms with Crippen molar-refractivity contribution in [2.24, 2.45) is 11.8 Å². The van der Waals surface area contributed by atoms with E-state index in [1.54, 1.807) is 20.0 Å². The molecule has 1 aliphatic heterocycles. The largest absolute Gasteiger partial charge is 0.500 e. The van der Waals surface area contributed by atoms with Crippen molar-refractivity contribution in [1.29, 1.82) is 0 Å². The number of amides is 2. The molecule has 2 amide bonds. The standard InChI is InChI=1S/C29H51F12N2O6Si3/c1-19(49-51(10,11)20-13-16-43(20,4)24(45)22(28(36,37)38)29(39,40)41)25(2,14-18-52(46-5,47-6)48-7)50(8,9)17-12-15-42(3)23(44)21(26(30,31)32)27(33,34)35/h19-22H,12-18H2,1-11H3/q+1. The molecule has 0 saturated carbocycles. The molecule has 0 N–H and O–H groups in total. The second kappa shape index (κ2) is 16.5. The molecule has 4 unspecified atom stereocenters. The fourth-order valence-corrected chi connectivity index (χ4v) is 16.9. The van der Waals surface area contributed by atoms with Gasteiger partial charge < -0.3 is 22.6 Å². The molecule has 8 nitrogen and oxygen atoms in total. The number of carbonyl (C=O) groups is 2. The molecule has 0 bridgehead atoms. The van der Waals surface area contributed by atoms with Gasteiger partial charge in [-0.05, 0) is 37.9 Å². The smallest absolute Gasteiger partial charge is 0.408 e. The fourth-order valence-electron chi connectivity index (χ4n) is 7.27. The fraction of sp³-hybridized carbons (Fsp3) is 0.931. The van der Waals surface area contributed by atoms with E-state index in [9.17, 15) is 62.3 Å². The van der Waals surface area contributed by atoms with Gasteiger partial charge >= 0.3 is 39.4 Å². The van der Waals surface area contributed by atoms with Crippen LogP contribution < -0.4 is 0 Å². The van der Waals surface area contributed by atoms with Crippen molar-refractivity contribution >= 4 is 37.0 Å². The lowest BCUT2D eigenvalue weighted by Gasteiger charge is -2.56. The van der Waals surface area contributed by atoms with Crippen LogP contribution in [0.2, 0.25) is 43.3 Å². The van der Waals surface area contributed by atoms with Crippen LogP contribution in [0.4, 0.5) is 52.7 Å². The maximum Gasteiger partial charge on any atom is 0.500 e. The molecule has 0 spiro atoms. The zero-order chi connectivity index (χ0) is 41.3. The molecule has 0 aromatic heterocycles. The predicted molar refractivity (Wildman–Crippen MR) is 173 cm³/mol. The molecule has 52 heavy (non-hydrogen) atoms. The van der Waals surface area contributed by atoms with E-state index in [0.717, 1.165) is 14.1 Å². The van der Waals surface area contributed by atoms with Gasteiger partial charge in [0.05, 0.1) is 21.7 Å². The minimum absolute atomic E-state index is 0.00318. The molecule has 0 aromatic carbocycles. The summed E-state index contributed by atoms with van der Waals surface area (Å²) in [4.78, 5) is 25.7. The van der Waals surface area contributed by atoms with E-state index in [1.807, 2.05) is 20.0 Å². The Hall–Kier alpha value is -1.25. The van der Waals surface area contributed by atoms with Crippen molar-refractivity contribution in [1.82, 2.24) is 4.90 Å². The maximum atomic E-state index is 13.6. The van der Waals surface area contributed by atoms with Gasteiger partial charge in [-0.2, -0.15) is 52.7 Å². The summed E-state index contributed by atoms with van der Waals surface area (Å²) < 4.78 is 183. The van der Waals surface area contributed by atoms with Crippen LogP contribution in [0.25, 0.3) is 0 Å². The molecule has 4 atom stereocenters. The number of carbonyl (C=O) groups excluding carboxylic acids is 2. The van der Waals surface area contributed by atoms with Gasteiger partial charge in [0.25, 0.3) is 5.92 Å². The number of halogens is 12. The highest BCUT2D eigenvalue weighted by molar-refractivity contribution is 6.81. The molecule has 1 rings (SSSR count). The number of quaternary nitrogens is 1. The molecule has 1 saturated heterocycles. The van der Waals surface area contributed by atoms with Gasteiger partial charge in [-0.1, -0.05) is 26.1 Å². The van der Waals surface area contributed by atoms with E-state index < -0.39 is 101 Å². The van der Waals surface area contributed by atoms with Crippen LogP contribution in [0.1, 0.15) is 33.1 Å². The Balaban J connectivity index is 3.47. The van der Waals surface area contributed by atoms with Crippen LogP contribution >= 0.6 is 0 Å². The molecule has 1 heterocycles. The maximum absolute atomic E-state index is 13.6. The number of alkyl halides is 12. The third-order valence-electron chi connectivity index (χ3n) is 11.1. The van der Waals surface area contributed by atoms with Crippen LogP contribution in [0.3, 0.4) is 0 Å². The van der Waals surface area contributed by atoms with E-state index in [0.29, 0.717) is 4.90 Å². The highest BCUT2D eigenvalue weighted by Gasteiger charge is 2.70. The number of likely N-dealkylation sites (tertiary alicyclic amines) is 1. The van der Waals surface area contributed by atoms with Gasteiger partial charge in [-0.15, -0.1) is 0 Å². The Labute approximate surface area is 299 Å². The van der Waals surface area contributed by atoms with E-state index in [-0.39, 0.29) is 37.9 Å². The molecular formula is C29H51F12N2O6Si3+.